The van der Waals surface area contributed by atoms with Crippen molar-refractivity contribution in [3.63, 3.8) is 0 Å². The van der Waals surface area contributed by atoms with E-state index in [0.29, 0.717) is 28.8 Å². The lowest BCUT2D eigenvalue weighted by atomic mass is 9.87. The summed E-state index contributed by atoms with van der Waals surface area (Å²) in [4.78, 5) is 27.4. The van der Waals surface area contributed by atoms with Crippen LogP contribution in [0.2, 0.25) is 0 Å². The lowest BCUT2D eigenvalue weighted by Gasteiger charge is -2.18. The second-order valence-corrected chi connectivity index (χ2v) is 11.2. The highest BCUT2D eigenvalue weighted by Crippen LogP contribution is 2.33. The third-order valence-corrected chi connectivity index (χ3v) is 7.06. The van der Waals surface area contributed by atoms with Crippen molar-refractivity contribution in [1.82, 2.24) is 4.90 Å². The quantitative estimate of drug-likeness (QED) is 0.217. The number of thiocarbonyl (C=S) groups is 1. The van der Waals surface area contributed by atoms with Crippen molar-refractivity contribution in [1.29, 1.82) is 0 Å². The van der Waals surface area contributed by atoms with Crippen LogP contribution < -0.4 is 10.1 Å². The molecule has 2 amide bonds. The number of amides is 2. The Labute approximate surface area is 218 Å². The van der Waals surface area contributed by atoms with Gasteiger partial charge < -0.3 is 10.1 Å². The summed E-state index contributed by atoms with van der Waals surface area (Å²) in [5.74, 6) is 0.739. The summed E-state index contributed by atoms with van der Waals surface area (Å²) < 4.78 is 6.01. The van der Waals surface area contributed by atoms with Crippen LogP contribution in [0.15, 0.2) is 53.4 Å². The third-order valence-electron chi connectivity index (χ3n) is 5.68. The van der Waals surface area contributed by atoms with Gasteiger partial charge in [0.15, 0.2) is 0 Å². The number of benzene rings is 2. The number of nitrogens with zero attached hydrogens (tertiary/aromatic N) is 1. The molecule has 0 unspecified atom stereocenters. The summed E-state index contributed by atoms with van der Waals surface area (Å²) in [7, 11) is 0. The minimum atomic E-state index is -0.0341. The fourth-order valence-electron chi connectivity index (χ4n) is 3.68. The van der Waals surface area contributed by atoms with Crippen LogP contribution in [-0.2, 0) is 15.0 Å². The molecule has 3 rings (SSSR count). The van der Waals surface area contributed by atoms with Gasteiger partial charge in [-0.15, -0.1) is 0 Å². The van der Waals surface area contributed by atoms with E-state index in [1.54, 1.807) is 4.90 Å². The third kappa shape index (κ3) is 7.94. The molecule has 186 valence electrons. The van der Waals surface area contributed by atoms with Crippen LogP contribution in [0.25, 0.3) is 6.08 Å². The summed E-state index contributed by atoms with van der Waals surface area (Å²) in [6.45, 7) is 9.67. The Morgan fingerprint density at radius 1 is 1.06 bits per heavy atom. The summed E-state index contributed by atoms with van der Waals surface area (Å²) in [5, 5.41) is 2.91. The van der Waals surface area contributed by atoms with Crippen LogP contribution in [0.3, 0.4) is 0 Å². The van der Waals surface area contributed by atoms with Gasteiger partial charge in [-0.3, -0.25) is 14.5 Å². The Balaban J connectivity index is 1.41. The molecule has 0 aliphatic carbocycles. The smallest absolute Gasteiger partial charge is 0.266 e. The average molecular weight is 511 g/mol. The SMILES string of the molecule is CCOc1ccc(NC(=O)CCCCCN2C(=O)/C(=C/c3ccc(C(C)(C)C)cc3)SC2=S)cc1. The number of anilines is 1. The Morgan fingerprint density at radius 2 is 1.74 bits per heavy atom. The van der Waals surface area contributed by atoms with Gasteiger partial charge in [-0.1, -0.05) is 75.4 Å². The van der Waals surface area contributed by atoms with Gasteiger partial charge in [-0.25, -0.2) is 0 Å². The van der Waals surface area contributed by atoms with Gasteiger partial charge in [0.05, 0.1) is 11.5 Å². The molecule has 0 aromatic heterocycles. The van der Waals surface area contributed by atoms with E-state index >= 15 is 0 Å². The molecule has 2 aromatic rings. The van der Waals surface area contributed by atoms with Crippen molar-refractivity contribution in [3.8, 4) is 5.75 Å². The van der Waals surface area contributed by atoms with E-state index in [1.165, 1.54) is 17.3 Å². The Kier molecular flexibility index (Phi) is 9.52. The normalized spacial score (nSPS) is 15.1. The highest BCUT2D eigenvalue weighted by Gasteiger charge is 2.31. The molecule has 0 spiro atoms. The number of rotatable bonds is 10. The predicted octanol–water partition coefficient (Wildman–Crippen LogP) is 6.78. The van der Waals surface area contributed by atoms with E-state index in [0.717, 1.165) is 36.3 Å². The number of ether oxygens (including phenoxy) is 1. The number of carbonyl (C=O) groups excluding carboxylic acids is 2. The molecular weight excluding hydrogens is 476 g/mol. The van der Waals surface area contributed by atoms with Gasteiger partial charge in [-0.2, -0.15) is 0 Å². The van der Waals surface area contributed by atoms with Crippen LogP contribution in [0.4, 0.5) is 5.69 Å². The molecule has 1 N–H and O–H groups in total. The Bertz CT molecular complexity index is 1070. The van der Waals surface area contributed by atoms with Gasteiger partial charge in [0.25, 0.3) is 5.91 Å². The topological polar surface area (TPSA) is 58.6 Å². The van der Waals surface area contributed by atoms with Crippen molar-refractivity contribution in [2.75, 3.05) is 18.5 Å². The molecular formula is C28H34N2O3S2. The van der Waals surface area contributed by atoms with Crippen molar-refractivity contribution in [2.45, 2.75) is 58.8 Å². The molecule has 1 fully saturated rings. The van der Waals surface area contributed by atoms with Crippen LogP contribution in [0.1, 0.15) is 64.5 Å². The van der Waals surface area contributed by atoms with Crippen molar-refractivity contribution >= 4 is 51.9 Å². The lowest BCUT2D eigenvalue weighted by Crippen LogP contribution is -2.29. The zero-order valence-corrected chi connectivity index (χ0v) is 22.6. The minimum Gasteiger partial charge on any atom is -0.494 e. The van der Waals surface area contributed by atoms with Crippen molar-refractivity contribution < 1.29 is 14.3 Å². The Morgan fingerprint density at radius 3 is 2.37 bits per heavy atom. The summed E-state index contributed by atoms with van der Waals surface area (Å²) >= 11 is 6.81. The number of hydrogen-bond acceptors (Lipinski definition) is 5. The second-order valence-electron chi connectivity index (χ2n) is 9.52. The van der Waals surface area contributed by atoms with Crippen LogP contribution in [0.5, 0.6) is 5.75 Å². The first-order valence-electron chi connectivity index (χ1n) is 12.1. The van der Waals surface area contributed by atoms with Gasteiger partial charge in [0, 0.05) is 18.7 Å². The van der Waals surface area contributed by atoms with Crippen LogP contribution >= 0.6 is 24.0 Å². The first-order chi connectivity index (χ1) is 16.7. The van der Waals surface area contributed by atoms with E-state index in [2.05, 4.69) is 38.2 Å². The first kappa shape index (κ1) is 27.0. The van der Waals surface area contributed by atoms with Crippen molar-refractivity contribution in [2.24, 2.45) is 0 Å². The number of carbonyl (C=O) groups is 2. The molecule has 5 nitrogen and oxygen atoms in total. The zero-order chi connectivity index (χ0) is 25.4. The van der Waals surface area contributed by atoms with Gasteiger partial charge >= 0.3 is 0 Å². The molecule has 1 heterocycles. The molecule has 7 heteroatoms. The molecule has 0 bridgehead atoms. The molecule has 0 saturated carbocycles. The van der Waals surface area contributed by atoms with Gasteiger partial charge in [-0.05, 0) is 66.6 Å². The highest BCUT2D eigenvalue weighted by molar-refractivity contribution is 8.26. The molecule has 1 saturated heterocycles. The monoisotopic (exact) mass is 510 g/mol. The summed E-state index contributed by atoms with van der Waals surface area (Å²) in [6.07, 6.45) is 4.76. The van der Waals surface area contributed by atoms with E-state index in [-0.39, 0.29) is 17.2 Å². The molecule has 1 aliphatic heterocycles. The predicted molar refractivity (Wildman–Crippen MR) is 150 cm³/mol. The average Bonchev–Trinajstić information content (AvgIpc) is 3.07. The maximum Gasteiger partial charge on any atom is 0.266 e. The number of hydrogen-bond donors (Lipinski definition) is 1. The van der Waals surface area contributed by atoms with Crippen LogP contribution in [0, 0.1) is 0 Å². The fourth-order valence-corrected chi connectivity index (χ4v) is 4.99. The molecule has 0 radical (unpaired) electrons. The molecule has 35 heavy (non-hydrogen) atoms. The first-order valence-corrected chi connectivity index (χ1v) is 13.3. The summed E-state index contributed by atoms with van der Waals surface area (Å²) in [6, 6.07) is 15.7. The van der Waals surface area contributed by atoms with Crippen LogP contribution in [-0.4, -0.2) is 34.2 Å². The number of unbranched alkanes of at least 4 members (excludes halogenated alkanes) is 2. The lowest BCUT2D eigenvalue weighted by molar-refractivity contribution is -0.122. The number of thioether (sulfide) groups is 1. The van der Waals surface area contributed by atoms with Gasteiger partial charge in [0.1, 0.15) is 10.1 Å². The standard InChI is InChI=1S/C28H34N2O3S2/c1-5-33-23-16-14-22(15-17-23)29-25(31)9-7-6-8-18-30-26(32)24(35-27(30)34)19-20-10-12-21(13-11-20)28(2,3)4/h10-17,19H,5-9,18H2,1-4H3,(H,29,31)/b24-19-. The van der Waals surface area contributed by atoms with Gasteiger partial charge in [0.2, 0.25) is 5.91 Å². The fraction of sp³-hybridized carbons (Fsp3) is 0.393. The maximum atomic E-state index is 12.9. The van der Waals surface area contributed by atoms with Crippen molar-refractivity contribution in [3.05, 3.63) is 64.6 Å². The molecule has 0 atom stereocenters. The summed E-state index contributed by atoms with van der Waals surface area (Å²) in [5.41, 5.74) is 3.11. The molecule has 2 aromatic carbocycles. The largest absolute Gasteiger partial charge is 0.494 e. The van der Waals surface area contributed by atoms with E-state index in [9.17, 15) is 9.59 Å². The maximum absolute atomic E-state index is 12.9. The van der Waals surface area contributed by atoms with E-state index < -0.39 is 0 Å². The van der Waals surface area contributed by atoms with E-state index in [1.807, 2.05) is 49.4 Å². The second kappa shape index (κ2) is 12.4. The minimum absolute atomic E-state index is 0.0137. The number of nitrogens with one attached hydrogen (secondary N) is 1. The highest BCUT2D eigenvalue weighted by atomic mass is 32.2. The molecule has 1 aliphatic rings. The zero-order valence-electron chi connectivity index (χ0n) is 20.9. The van der Waals surface area contributed by atoms with E-state index in [4.69, 9.17) is 17.0 Å². The Hall–Kier alpha value is -2.64.